The summed E-state index contributed by atoms with van der Waals surface area (Å²) in [5, 5.41) is 18.4. The van der Waals surface area contributed by atoms with Crippen molar-refractivity contribution in [1.82, 2.24) is 40.1 Å². The number of aromatic nitrogens is 6. The van der Waals surface area contributed by atoms with Gasteiger partial charge in [-0.2, -0.15) is 0 Å². The van der Waals surface area contributed by atoms with Crippen molar-refractivity contribution in [1.29, 1.82) is 0 Å². The summed E-state index contributed by atoms with van der Waals surface area (Å²) >= 11 is 11.9. The number of carboxylic acids is 1. The number of anilines is 2. The SMILES string of the molecule is Cl.Clc1nccnc1C1CNC1.O=C(O)C1Nc2ccccc2N1.O=C(c1nc2ccccc2[nH]1)N1CC(c2nccnc2Cl)C1. The highest BCUT2D eigenvalue weighted by Gasteiger charge is 2.35. The van der Waals surface area contributed by atoms with E-state index in [1.54, 1.807) is 29.7 Å². The van der Waals surface area contributed by atoms with Gasteiger partial charge in [0.05, 0.1) is 33.8 Å². The second-order valence-electron chi connectivity index (χ2n) is 10.4. The van der Waals surface area contributed by atoms with E-state index < -0.39 is 12.1 Å². The van der Waals surface area contributed by atoms with Gasteiger partial charge in [-0.05, 0) is 24.3 Å². The Morgan fingerprint density at radius 2 is 1.33 bits per heavy atom. The molecular weight excluding hydrogens is 655 g/mol. The van der Waals surface area contributed by atoms with Gasteiger partial charge in [-0.3, -0.25) is 14.8 Å². The highest BCUT2D eigenvalue weighted by atomic mass is 35.5. The van der Waals surface area contributed by atoms with Crippen LogP contribution in [0.5, 0.6) is 0 Å². The van der Waals surface area contributed by atoms with Crippen LogP contribution in [0.4, 0.5) is 11.4 Å². The molecule has 46 heavy (non-hydrogen) atoms. The van der Waals surface area contributed by atoms with Gasteiger partial charge < -0.3 is 30.9 Å². The van der Waals surface area contributed by atoms with Crippen molar-refractivity contribution >= 4 is 69.9 Å². The quantitative estimate of drug-likeness (QED) is 0.181. The zero-order valence-corrected chi connectivity index (χ0v) is 26.4. The van der Waals surface area contributed by atoms with Crippen LogP contribution in [0.2, 0.25) is 10.3 Å². The number of halogens is 3. The van der Waals surface area contributed by atoms with Gasteiger partial charge in [-0.15, -0.1) is 12.4 Å². The van der Waals surface area contributed by atoms with Crippen LogP contribution in [0.1, 0.15) is 33.8 Å². The number of amides is 1. The van der Waals surface area contributed by atoms with Crippen molar-refractivity contribution in [3.63, 3.8) is 0 Å². The normalized spacial score (nSPS) is 15.3. The lowest BCUT2D eigenvalue weighted by atomic mass is 9.96. The Labute approximate surface area is 279 Å². The smallest absolute Gasteiger partial charge is 0.347 e. The van der Waals surface area contributed by atoms with Crippen molar-refractivity contribution in [2.75, 3.05) is 36.8 Å². The molecule has 0 radical (unpaired) electrons. The maximum Gasteiger partial charge on any atom is 0.347 e. The first-order valence-corrected chi connectivity index (χ1v) is 14.9. The van der Waals surface area contributed by atoms with Crippen molar-refractivity contribution in [3.8, 4) is 0 Å². The minimum absolute atomic E-state index is 0. The molecular formula is C30H29Cl3N10O3. The molecule has 0 unspecified atom stereocenters. The molecule has 238 valence electrons. The molecule has 3 aliphatic heterocycles. The molecule has 3 aromatic heterocycles. The fourth-order valence-electron chi connectivity index (χ4n) is 4.92. The Morgan fingerprint density at radius 3 is 1.85 bits per heavy atom. The summed E-state index contributed by atoms with van der Waals surface area (Å²) in [5.74, 6) is -0.0331. The number of nitrogens with one attached hydrogen (secondary N) is 4. The molecule has 2 fully saturated rings. The zero-order valence-electron chi connectivity index (χ0n) is 24.1. The highest BCUT2D eigenvalue weighted by molar-refractivity contribution is 6.30. The zero-order chi connectivity index (χ0) is 31.3. The standard InChI is InChI=1S/C15H12ClN5O.C8H8N2O2.C7H8ClN3.ClH/c16-13-12(17-5-6-18-13)9-7-21(8-9)15(22)14-19-10-3-1-2-4-11(10)20-14;11-8(12)7-9-5-3-1-2-4-6(5)10-7;8-7-6(5-3-9-4-5)10-1-2-11-7;/h1-6,9H,7-8H2,(H,19,20);1-4,7,9-10H,(H,11,12);1-2,5,9H,3-4H2;1H. The molecule has 2 aromatic carbocycles. The number of likely N-dealkylation sites (tertiary alicyclic amines) is 1. The van der Waals surface area contributed by atoms with Crippen LogP contribution in [0, 0.1) is 0 Å². The predicted octanol–water partition coefficient (Wildman–Crippen LogP) is 4.42. The second kappa shape index (κ2) is 14.7. The molecule has 5 aromatic rings. The molecule has 16 heteroatoms. The van der Waals surface area contributed by atoms with Gasteiger partial charge in [0.15, 0.2) is 22.3 Å². The molecule has 0 saturated carbocycles. The van der Waals surface area contributed by atoms with Gasteiger partial charge in [-0.25, -0.2) is 19.7 Å². The largest absolute Gasteiger partial charge is 0.478 e. The van der Waals surface area contributed by atoms with Crippen LogP contribution in [-0.2, 0) is 4.79 Å². The lowest BCUT2D eigenvalue weighted by molar-refractivity contribution is -0.137. The van der Waals surface area contributed by atoms with Gasteiger partial charge in [0, 0.05) is 62.8 Å². The van der Waals surface area contributed by atoms with Gasteiger partial charge >= 0.3 is 5.97 Å². The number of carbonyl (C=O) groups is 2. The number of carboxylic acid groups (broad SMARTS) is 1. The minimum Gasteiger partial charge on any atom is -0.478 e. The minimum atomic E-state index is -0.897. The number of benzene rings is 2. The Bertz CT molecular complexity index is 1770. The van der Waals surface area contributed by atoms with Gasteiger partial charge in [0.25, 0.3) is 5.91 Å². The summed E-state index contributed by atoms with van der Waals surface area (Å²) in [7, 11) is 0. The number of nitrogens with zero attached hydrogens (tertiary/aromatic N) is 6. The Balaban J connectivity index is 0.000000147. The topological polar surface area (TPSA) is 174 Å². The van der Waals surface area contributed by atoms with E-state index in [9.17, 15) is 9.59 Å². The third kappa shape index (κ3) is 7.29. The molecule has 13 nitrogen and oxygen atoms in total. The number of H-pyrrole nitrogens is 1. The van der Waals surface area contributed by atoms with Gasteiger partial charge in [-0.1, -0.05) is 47.5 Å². The number of aromatic amines is 1. The number of aliphatic carboxylic acids is 1. The molecule has 2 saturated heterocycles. The number of rotatable bonds is 4. The van der Waals surface area contributed by atoms with Crippen LogP contribution >= 0.6 is 35.6 Å². The van der Waals surface area contributed by atoms with Gasteiger partial charge in [0.2, 0.25) is 0 Å². The first-order chi connectivity index (χ1) is 21.9. The highest BCUT2D eigenvalue weighted by Crippen LogP contribution is 2.30. The van der Waals surface area contributed by atoms with Crippen molar-refractivity contribution in [2.45, 2.75) is 18.0 Å². The molecule has 3 aliphatic rings. The van der Waals surface area contributed by atoms with Crippen molar-refractivity contribution in [2.24, 2.45) is 0 Å². The first-order valence-electron chi connectivity index (χ1n) is 14.1. The lowest BCUT2D eigenvalue weighted by Crippen LogP contribution is -2.49. The Morgan fingerprint density at radius 1 is 0.783 bits per heavy atom. The molecule has 6 heterocycles. The maximum atomic E-state index is 12.4. The average Bonchev–Trinajstić information content (AvgIpc) is 3.63. The maximum absolute atomic E-state index is 12.4. The number of fused-ring (bicyclic) bond motifs is 2. The van der Waals surface area contributed by atoms with E-state index in [2.05, 4.69) is 45.9 Å². The number of imidazole rings is 1. The third-order valence-corrected chi connectivity index (χ3v) is 8.03. The fraction of sp³-hybridized carbons (Fsp3) is 0.233. The lowest BCUT2D eigenvalue weighted by Gasteiger charge is -2.38. The number of hydrogen-bond acceptors (Lipinski definition) is 10. The predicted molar refractivity (Wildman–Crippen MR) is 177 cm³/mol. The van der Waals surface area contributed by atoms with E-state index in [0.717, 1.165) is 46.9 Å². The fourth-order valence-corrected chi connectivity index (χ4v) is 5.44. The molecule has 1 amide bonds. The Kier molecular flexibility index (Phi) is 10.5. The van der Waals surface area contributed by atoms with Crippen molar-refractivity contribution < 1.29 is 14.7 Å². The summed E-state index contributed by atoms with van der Waals surface area (Å²) in [6.07, 6.45) is 5.77. The van der Waals surface area contributed by atoms with E-state index >= 15 is 0 Å². The van der Waals surface area contributed by atoms with Crippen LogP contribution < -0.4 is 16.0 Å². The summed E-state index contributed by atoms with van der Waals surface area (Å²) < 4.78 is 0. The van der Waals surface area contributed by atoms with E-state index in [1.165, 1.54) is 0 Å². The van der Waals surface area contributed by atoms with E-state index in [4.69, 9.17) is 28.3 Å². The van der Waals surface area contributed by atoms with E-state index in [-0.39, 0.29) is 24.2 Å². The van der Waals surface area contributed by atoms with Crippen LogP contribution in [0.25, 0.3) is 11.0 Å². The molecule has 0 atom stereocenters. The summed E-state index contributed by atoms with van der Waals surface area (Å²) in [6.45, 7) is 3.10. The van der Waals surface area contributed by atoms with Crippen LogP contribution in [0.3, 0.4) is 0 Å². The van der Waals surface area contributed by atoms with Crippen molar-refractivity contribution in [3.05, 3.63) is 101 Å². The van der Waals surface area contributed by atoms with E-state index in [1.807, 2.05) is 48.5 Å². The molecule has 5 N–H and O–H groups in total. The van der Waals surface area contributed by atoms with Crippen LogP contribution in [0.15, 0.2) is 73.3 Å². The second-order valence-corrected chi connectivity index (χ2v) is 11.2. The number of carbonyl (C=O) groups excluding carboxylic acids is 1. The first kappa shape index (κ1) is 32.8. The molecule has 0 aliphatic carbocycles. The molecule has 0 spiro atoms. The summed E-state index contributed by atoms with van der Waals surface area (Å²) in [5.41, 5.74) is 5.00. The van der Waals surface area contributed by atoms with Gasteiger partial charge in [0.1, 0.15) is 0 Å². The Hall–Kier alpha value is -4.56. The number of para-hydroxylation sites is 4. The average molecular weight is 684 g/mol. The van der Waals surface area contributed by atoms with Crippen LogP contribution in [-0.4, -0.2) is 84.1 Å². The number of hydrogen-bond donors (Lipinski definition) is 5. The molecule has 8 rings (SSSR count). The summed E-state index contributed by atoms with van der Waals surface area (Å²) in [4.78, 5) is 48.5. The molecule has 0 bridgehead atoms. The van der Waals surface area contributed by atoms with E-state index in [0.29, 0.717) is 35.1 Å². The summed E-state index contributed by atoms with van der Waals surface area (Å²) in [6, 6.07) is 15.0. The monoisotopic (exact) mass is 682 g/mol. The third-order valence-electron chi connectivity index (χ3n) is 7.45.